The van der Waals surface area contributed by atoms with Crippen molar-refractivity contribution in [2.24, 2.45) is 0 Å². The molecule has 1 aliphatic heterocycles. The molecule has 21 heavy (non-hydrogen) atoms. The van der Waals surface area contributed by atoms with Crippen LogP contribution in [0.2, 0.25) is 0 Å². The highest BCUT2D eigenvalue weighted by atomic mass is 16.6. The first-order valence-corrected chi connectivity index (χ1v) is 8.09. The lowest BCUT2D eigenvalue weighted by Gasteiger charge is -2.37. The second-order valence-corrected chi connectivity index (χ2v) is 7.76. The number of hydrazine groups is 1. The van der Waals surface area contributed by atoms with Gasteiger partial charge >= 0.3 is 6.09 Å². The largest absolute Gasteiger partial charge is 0.444 e. The fraction of sp³-hybridized carbons (Fsp3) is 0.938. The SMILES string of the molecule is CC(C)(C)OC(=O)N(CCNN1CCCCC1)C(C)(C)C. The zero-order valence-electron chi connectivity index (χ0n) is 14.7. The molecule has 124 valence electrons. The van der Waals surface area contributed by atoms with Crippen LogP contribution in [0.15, 0.2) is 0 Å². The quantitative estimate of drug-likeness (QED) is 0.866. The van der Waals surface area contributed by atoms with Crippen molar-refractivity contribution in [1.29, 1.82) is 0 Å². The van der Waals surface area contributed by atoms with E-state index in [1.807, 2.05) is 41.5 Å². The van der Waals surface area contributed by atoms with Gasteiger partial charge < -0.3 is 9.64 Å². The molecular weight excluding hydrogens is 266 g/mol. The Morgan fingerprint density at radius 2 is 1.67 bits per heavy atom. The molecule has 0 saturated carbocycles. The minimum Gasteiger partial charge on any atom is -0.444 e. The molecule has 0 unspecified atom stereocenters. The predicted molar refractivity (Wildman–Crippen MR) is 86.1 cm³/mol. The minimum absolute atomic E-state index is 0.240. The van der Waals surface area contributed by atoms with Crippen LogP contribution in [-0.2, 0) is 4.74 Å². The molecule has 0 atom stereocenters. The highest BCUT2D eigenvalue weighted by Crippen LogP contribution is 2.18. The number of hydrogen-bond donors (Lipinski definition) is 1. The summed E-state index contributed by atoms with van der Waals surface area (Å²) in [7, 11) is 0. The zero-order chi connectivity index (χ0) is 16.1. The van der Waals surface area contributed by atoms with Crippen LogP contribution in [0.1, 0.15) is 60.8 Å². The van der Waals surface area contributed by atoms with Crippen molar-refractivity contribution in [3.63, 3.8) is 0 Å². The Hall–Kier alpha value is -0.810. The van der Waals surface area contributed by atoms with Crippen LogP contribution in [-0.4, -0.2) is 53.3 Å². The van der Waals surface area contributed by atoms with Crippen molar-refractivity contribution >= 4 is 6.09 Å². The van der Waals surface area contributed by atoms with Crippen LogP contribution < -0.4 is 5.43 Å². The van der Waals surface area contributed by atoms with Gasteiger partial charge in [0.05, 0.1) is 0 Å². The van der Waals surface area contributed by atoms with E-state index in [4.69, 9.17) is 4.74 Å². The lowest BCUT2D eigenvalue weighted by atomic mass is 10.1. The van der Waals surface area contributed by atoms with Gasteiger partial charge in [-0.3, -0.25) is 5.43 Å². The smallest absolute Gasteiger partial charge is 0.410 e. The monoisotopic (exact) mass is 299 g/mol. The van der Waals surface area contributed by atoms with Crippen LogP contribution in [0.3, 0.4) is 0 Å². The summed E-state index contributed by atoms with van der Waals surface area (Å²) >= 11 is 0. The molecule has 1 heterocycles. The maximum absolute atomic E-state index is 12.3. The van der Waals surface area contributed by atoms with Crippen molar-refractivity contribution in [2.45, 2.75) is 71.9 Å². The zero-order valence-corrected chi connectivity index (χ0v) is 14.7. The number of piperidine rings is 1. The first-order valence-electron chi connectivity index (χ1n) is 8.09. The van der Waals surface area contributed by atoms with Gasteiger partial charge in [0.15, 0.2) is 0 Å². The van der Waals surface area contributed by atoms with Crippen molar-refractivity contribution in [3.05, 3.63) is 0 Å². The Morgan fingerprint density at radius 3 is 2.14 bits per heavy atom. The van der Waals surface area contributed by atoms with E-state index in [1.165, 1.54) is 19.3 Å². The van der Waals surface area contributed by atoms with Crippen LogP contribution >= 0.6 is 0 Å². The number of hydrogen-bond acceptors (Lipinski definition) is 4. The Balaban J connectivity index is 2.48. The molecular formula is C16H33N3O2. The van der Waals surface area contributed by atoms with E-state index in [9.17, 15) is 4.79 Å². The maximum Gasteiger partial charge on any atom is 0.410 e. The predicted octanol–water partition coefficient (Wildman–Crippen LogP) is 3.01. The van der Waals surface area contributed by atoms with E-state index in [-0.39, 0.29) is 11.6 Å². The van der Waals surface area contributed by atoms with Gasteiger partial charge in [-0.05, 0) is 54.4 Å². The van der Waals surface area contributed by atoms with E-state index in [1.54, 1.807) is 4.90 Å². The Morgan fingerprint density at radius 1 is 1.10 bits per heavy atom. The Kier molecular flexibility index (Phi) is 6.47. The molecule has 1 amide bonds. The van der Waals surface area contributed by atoms with Crippen LogP contribution in [0.25, 0.3) is 0 Å². The average molecular weight is 299 g/mol. The van der Waals surface area contributed by atoms with Gasteiger partial charge in [0.25, 0.3) is 0 Å². The molecule has 5 nitrogen and oxygen atoms in total. The number of amides is 1. The molecule has 1 saturated heterocycles. The van der Waals surface area contributed by atoms with Crippen LogP contribution in [0, 0.1) is 0 Å². The number of carbonyl (C=O) groups is 1. The van der Waals surface area contributed by atoms with Crippen molar-refractivity contribution in [1.82, 2.24) is 15.3 Å². The lowest BCUT2D eigenvalue weighted by Crippen LogP contribution is -2.52. The average Bonchev–Trinajstić information content (AvgIpc) is 2.32. The molecule has 0 aromatic rings. The van der Waals surface area contributed by atoms with Crippen LogP contribution in [0.4, 0.5) is 4.79 Å². The van der Waals surface area contributed by atoms with Gasteiger partial charge in [-0.15, -0.1) is 0 Å². The number of carbonyl (C=O) groups excluding carboxylic acids is 1. The third-order valence-corrected chi connectivity index (χ3v) is 3.45. The van der Waals surface area contributed by atoms with Gasteiger partial charge in [-0.2, -0.15) is 0 Å². The number of nitrogens with one attached hydrogen (secondary N) is 1. The highest BCUT2D eigenvalue weighted by Gasteiger charge is 2.30. The van der Waals surface area contributed by atoms with Crippen molar-refractivity contribution in [2.75, 3.05) is 26.2 Å². The number of nitrogens with zero attached hydrogens (tertiary/aromatic N) is 2. The summed E-state index contributed by atoms with van der Waals surface area (Å²) in [6, 6.07) is 0. The summed E-state index contributed by atoms with van der Waals surface area (Å²) < 4.78 is 5.51. The van der Waals surface area contributed by atoms with E-state index in [0.29, 0.717) is 6.54 Å². The molecule has 1 aliphatic rings. The van der Waals surface area contributed by atoms with E-state index in [0.717, 1.165) is 19.6 Å². The maximum atomic E-state index is 12.3. The number of ether oxygens (including phenoxy) is 1. The minimum atomic E-state index is -0.457. The Labute approximate surface area is 130 Å². The summed E-state index contributed by atoms with van der Waals surface area (Å²) in [4.78, 5) is 14.2. The van der Waals surface area contributed by atoms with Gasteiger partial charge in [0.1, 0.15) is 5.60 Å². The summed E-state index contributed by atoms with van der Waals surface area (Å²) in [5.74, 6) is 0. The fourth-order valence-corrected chi connectivity index (χ4v) is 2.39. The van der Waals surface area contributed by atoms with Gasteiger partial charge in [-0.25, -0.2) is 9.80 Å². The third-order valence-electron chi connectivity index (χ3n) is 3.45. The summed E-state index contributed by atoms with van der Waals surface area (Å²) in [6.07, 6.45) is 3.59. The molecule has 5 heteroatoms. The van der Waals surface area contributed by atoms with Crippen molar-refractivity contribution < 1.29 is 9.53 Å². The topological polar surface area (TPSA) is 44.8 Å². The first-order chi connectivity index (χ1) is 9.59. The van der Waals surface area contributed by atoms with Crippen molar-refractivity contribution in [3.8, 4) is 0 Å². The fourth-order valence-electron chi connectivity index (χ4n) is 2.39. The molecule has 1 fully saturated rings. The molecule has 0 aliphatic carbocycles. The molecule has 0 bridgehead atoms. The van der Waals surface area contributed by atoms with Gasteiger partial charge in [0, 0.05) is 31.7 Å². The van der Waals surface area contributed by atoms with Crippen LogP contribution in [0.5, 0.6) is 0 Å². The van der Waals surface area contributed by atoms with E-state index in [2.05, 4.69) is 10.4 Å². The van der Waals surface area contributed by atoms with Gasteiger partial charge in [-0.1, -0.05) is 6.42 Å². The second kappa shape index (κ2) is 7.45. The number of rotatable bonds is 4. The summed E-state index contributed by atoms with van der Waals surface area (Å²) in [5, 5.41) is 2.26. The first kappa shape index (κ1) is 18.2. The molecule has 1 rings (SSSR count). The summed E-state index contributed by atoms with van der Waals surface area (Å²) in [6.45, 7) is 15.4. The molecule has 0 aromatic carbocycles. The molecule has 0 radical (unpaired) electrons. The lowest BCUT2D eigenvalue weighted by molar-refractivity contribution is 0.00468. The second-order valence-electron chi connectivity index (χ2n) is 7.76. The van der Waals surface area contributed by atoms with E-state index >= 15 is 0 Å². The third kappa shape index (κ3) is 7.14. The normalized spacial score (nSPS) is 17.6. The molecule has 0 aromatic heterocycles. The molecule has 1 N–H and O–H groups in total. The highest BCUT2D eigenvalue weighted by molar-refractivity contribution is 5.69. The standard InChI is InChI=1S/C16H33N3O2/c1-15(2,3)19(14(20)21-16(4,5)6)13-10-17-18-11-8-7-9-12-18/h17H,7-13H2,1-6H3. The Bertz CT molecular complexity index is 325. The molecule has 0 spiro atoms. The van der Waals surface area contributed by atoms with Gasteiger partial charge in [0.2, 0.25) is 0 Å². The van der Waals surface area contributed by atoms with E-state index < -0.39 is 5.60 Å². The summed E-state index contributed by atoms with van der Waals surface area (Å²) in [5.41, 5.74) is 2.72.